The monoisotopic (exact) mass is 1620 g/mol. The Morgan fingerprint density at radius 1 is 0.381 bits per heavy atom. The van der Waals surface area contributed by atoms with Gasteiger partial charge >= 0.3 is 0 Å². The Kier molecular flexibility index (Phi) is 50.0. The highest BCUT2D eigenvalue weighted by molar-refractivity contribution is 5.79. The van der Waals surface area contributed by atoms with Gasteiger partial charge in [-0.1, -0.05) is 46.5 Å². The molecular weight excluding hydrogens is 1480 g/mol. The first kappa shape index (κ1) is 100. The molecule has 0 saturated carbocycles. The van der Waals surface area contributed by atoms with Crippen LogP contribution in [0.1, 0.15) is 196 Å². The maximum Gasteiger partial charge on any atom is 0.222 e. The Balaban J connectivity index is 1.28. The van der Waals surface area contributed by atoms with Crippen molar-refractivity contribution in [3.05, 3.63) is 0 Å². The molecule has 0 aromatic carbocycles. The van der Waals surface area contributed by atoms with Crippen molar-refractivity contribution in [2.24, 2.45) is 17.8 Å². The molecule has 0 radical (unpaired) electrons. The van der Waals surface area contributed by atoms with Crippen LogP contribution in [0.5, 0.6) is 0 Å². The van der Waals surface area contributed by atoms with Gasteiger partial charge in [0.2, 0.25) is 47.3 Å². The van der Waals surface area contributed by atoms with Crippen molar-refractivity contribution >= 4 is 47.3 Å². The molecular formula is C77H140N8O28. The van der Waals surface area contributed by atoms with Crippen LogP contribution in [0.4, 0.5) is 0 Å². The number of ether oxygens (including phenoxy) is 10. The van der Waals surface area contributed by atoms with Crippen LogP contribution >= 0.6 is 0 Å². The lowest BCUT2D eigenvalue weighted by Gasteiger charge is -2.40. The minimum atomic E-state index is -1.40. The largest absolute Gasteiger partial charge is 0.394 e. The number of hydrogen-bond acceptors (Lipinski definition) is 28. The minimum absolute atomic E-state index is 0.0154. The predicted octanol–water partition coefficient (Wildman–Crippen LogP) is -1.39. The summed E-state index contributed by atoms with van der Waals surface area (Å²) < 4.78 is 58.3. The fraction of sp³-hybridized carbons (Fsp3) is 0.896. The molecule has 0 spiro atoms. The lowest BCUT2D eigenvalue weighted by Crippen LogP contribution is -2.58. The Morgan fingerprint density at radius 2 is 0.681 bits per heavy atom. The second kappa shape index (κ2) is 56.4. The summed E-state index contributed by atoms with van der Waals surface area (Å²) in [5.41, 5.74) is -1.78. The van der Waals surface area contributed by atoms with Crippen molar-refractivity contribution in [2.45, 2.75) is 293 Å². The molecule has 4 aliphatic heterocycles. The molecule has 113 heavy (non-hydrogen) atoms. The van der Waals surface area contributed by atoms with Crippen LogP contribution in [0, 0.1) is 17.8 Å². The smallest absolute Gasteiger partial charge is 0.222 e. The number of β-amino-alcohol motifs (C(OH)–C–C–N with tert-alkyl or cyclic N) is 1. The zero-order chi connectivity index (χ0) is 83.1. The fourth-order valence-corrected chi connectivity index (χ4v) is 13.2. The zero-order valence-corrected chi connectivity index (χ0v) is 67.7. The van der Waals surface area contributed by atoms with E-state index in [-0.39, 0.29) is 189 Å². The van der Waals surface area contributed by atoms with Gasteiger partial charge in [0.25, 0.3) is 0 Å². The van der Waals surface area contributed by atoms with Crippen molar-refractivity contribution in [1.82, 2.24) is 42.1 Å². The molecule has 36 nitrogen and oxygen atoms in total. The molecule has 0 aromatic heterocycles. The molecule has 17 N–H and O–H groups in total. The van der Waals surface area contributed by atoms with Gasteiger partial charge in [0.1, 0.15) is 42.2 Å². The van der Waals surface area contributed by atoms with Crippen LogP contribution < -0.4 is 37.2 Å². The van der Waals surface area contributed by atoms with Crippen molar-refractivity contribution < 1.29 is 137 Å². The first-order chi connectivity index (χ1) is 54.0. The van der Waals surface area contributed by atoms with Gasteiger partial charge in [-0.3, -0.25) is 38.4 Å². The topological polar surface area (TPSA) is 519 Å². The fourth-order valence-electron chi connectivity index (χ4n) is 13.2. The number of hydrogen-bond donors (Lipinski definition) is 17. The van der Waals surface area contributed by atoms with Gasteiger partial charge in [-0.25, -0.2) is 0 Å². The molecule has 4 heterocycles. The molecule has 0 bridgehead atoms. The number of amides is 8. The van der Waals surface area contributed by atoms with Crippen LogP contribution in [-0.4, -0.2) is 332 Å². The molecule has 8 amide bonds. The highest BCUT2D eigenvalue weighted by atomic mass is 16.7. The Bertz CT molecular complexity index is 2480. The van der Waals surface area contributed by atoms with Crippen LogP contribution in [0.25, 0.3) is 0 Å². The van der Waals surface area contributed by atoms with E-state index in [1.54, 1.807) is 25.7 Å². The second-order valence-corrected chi connectivity index (χ2v) is 31.2. The van der Waals surface area contributed by atoms with E-state index in [0.717, 1.165) is 19.3 Å². The molecule has 4 aliphatic rings. The Hall–Kier alpha value is -5.04. The first-order valence-electron chi connectivity index (χ1n) is 41.0. The number of nitrogens with zero attached hydrogens (tertiary/aromatic N) is 1. The number of rotatable bonds is 60. The predicted molar refractivity (Wildman–Crippen MR) is 408 cm³/mol. The normalized spacial score (nSPS) is 26.4. The summed E-state index contributed by atoms with van der Waals surface area (Å²) in [5.74, 6) is -3.59. The molecule has 4 rings (SSSR count). The second-order valence-electron chi connectivity index (χ2n) is 31.2. The van der Waals surface area contributed by atoms with E-state index in [4.69, 9.17) is 47.4 Å². The van der Waals surface area contributed by atoms with Gasteiger partial charge in [-0.05, 0) is 97.8 Å². The lowest BCUT2D eigenvalue weighted by molar-refractivity contribution is -0.282. The van der Waals surface area contributed by atoms with Gasteiger partial charge in [-0.15, -0.1) is 0 Å². The van der Waals surface area contributed by atoms with Crippen molar-refractivity contribution in [3.8, 4) is 0 Å². The SMILES string of the molecule is CC1C(OCCCCC(=O)NCCCNC(=O)CCOCC(COCCC(=O)NCCCNC(=O)CCCCOC2OC(CO)C(O)C(O)C2C)(COCCC(=O)NCCCNC(=O)CCCCOC2OC(CO)C(O)C(O)C2C)NC(=O)CCCCCCCCC(=O)N2C[C@H](O)C[C@H]2COC(C)(C)C)OC(CO)C(O)C1O. The summed E-state index contributed by atoms with van der Waals surface area (Å²) in [6.45, 7) is 11.4. The quantitative estimate of drug-likeness (QED) is 0.0312. The van der Waals surface area contributed by atoms with Gasteiger partial charge in [0.05, 0.1) is 102 Å². The van der Waals surface area contributed by atoms with E-state index >= 15 is 0 Å². The third kappa shape index (κ3) is 40.3. The third-order valence-electron chi connectivity index (χ3n) is 20.2. The molecule has 4 fully saturated rings. The molecule has 4 saturated heterocycles. The molecule has 15 unspecified atom stereocenters. The summed E-state index contributed by atoms with van der Waals surface area (Å²) in [6.07, 6.45) is -3.16. The molecule has 17 atom stereocenters. The van der Waals surface area contributed by atoms with Gasteiger partial charge < -0.3 is 141 Å². The van der Waals surface area contributed by atoms with E-state index in [1.807, 2.05) is 20.8 Å². The van der Waals surface area contributed by atoms with E-state index in [0.29, 0.717) is 116 Å². The molecule has 0 aromatic rings. The standard InChI is InChI=1S/C77H140N8O28/c1-51-67(98)70(101)56(44-86)111-73(51)107-36-16-13-22-59(90)78-30-19-33-81-62(93)27-39-104-48-77(84-65(96)25-11-9-7-8-10-12-26-66(97)85-43-55(89)42-54(85)47-110-76(4,5)6,49-105-40-28-63(94)82-34-20-31-79-60(91)23-14-17-37-108-74-52(2)68(99)71(102)57(45-87)112-74)50-106-41-29-64(95)83-35-21-32-80-61(92)24-15-18-38-109-75-53(3)69(100)72(103)58(46-88)113-75/h51-58,67-75,86-89,98-103H,7-50H2,1-6H3,(H,78,90)(H,79,91)(H,80,92)(H,81,93)(H,82,94)(H,83,95)(H,84,96)/t51?,52?,53?,54-,55+,56?,57?,58?,67?,68?,69?,70?,71?,72?,73?,74?,75?,77?/m0/s1. The van der Waals surface area contributed by atoms with E-state index in [9.17, 15) is 89.4 Å². The summed E-state index contributed by atoms with van der Waals surface area (Å²) in [4.78, 5) is 106. The molecule has 36 heteroatoms. The summed E-state index contributed by atoms with van der Waals surface area (Å²) >= 11 is 0. The first-order valence-corrected chi connectivity index (χ1v) is 41.0. The summed E-state index contributed by atoms with van der Waals surface area (Å²) in [7, 11) is 0. The number of nitrogens with one attached hydrogen (secondary N) is 7. The van der Waals surface area contributed by atoms with E-state index in [2.05, 4.69) is 37.2 Å². The van der Waals surface area contributed by atoms with Crippen LogP contribution in [0.3, 0.4) is 0 Å². The maximum atomic E-state index is 14.0. The zero-order valence-electron chi connectivity index (χ0n) is 67.7. The molecule has 0 aliphatic carbocycles. The summed E-state index contributed by atoms with van der Waals surface area (Å²) in [6, 6.07) is -0.183. The number of likely N-dealkylation sites (tertiary alicyclic amines) is 1. The van der Waals surface area contributed by atoms with Gasteiger partial charge in [0, 0.05) is 135 Å². The maximum absolute atomic E-state index is 14.0. The molecule has 656 valence electrons. The average molecular weight is 1630 g/mol. The van der Waals surface area contributed by atoms with Crippen LogP contribution in [0.2, 0.25) is 0 Å². The highest BCUT2D eigenvalue weighted by Crippen LogP contribution is 2.30. The number of carbonyl (C=O) groups is 8. The van der Waals surface area contributed by atoms with Gasteiger partial charge in [0.15, 0.2) is 18.9 Å². The van der Waals surface area contributed by atoms with Crippen LogP contribution in [-0.2, 0) is 85.7 Å². The van der Waals surface area contributed by atoms with E-state index < -0.39 is 123 Å². The van der Waals surface area contributed by atoms with Crippen molar-refractivity contribution in [2.75, 3.05) is 132 Å². The van der Waals surface area contributed by atoms with Crippen molar-refractivity contribution in [3.63, 3.8) is 0 Å². The Labute approximate surface area is 665 Å². The van der Waals surface area contributed by atoms with Crippen molar-refractivity contribution in [1.29, 1.82) is 0 Å². The lowest BCUT2D eigenvalue weighted by atomic mass is 9.92. The number of aliphatic hydroxyl groups is 10. The third-order valence-corrected chi connectivity index (χ3v) is 20.2. The average Bonchev–Trinajstić information content (AvgIpc) is 1.53. The minimum Gasteiger partial charge on any atom is -0.394 e. The van der Waals surface area contributed by atoms with Gasteiger partial charge in [-0.2, -0.15) is 0 Å². The number of carbonyl (C=O) groups excluding carboxylic acids is 8. The number of unbranched alkanes of at least 4 members (excludes halogenated alkanes) is 8. The highest BCUT2D eigenvalue weighted by Gasteiger charge is 2.45. The van der Waals surface area contributed by atoms with E-state index in [1.165, 1.54) is 0 Å². The number of aliphatic hydroxyl groups excluding tert-OH is 10. The Morgan fingerprint density at radius 3 is 1.01 bits per heavy atom. The summed E-state index contributed by atoms with van der Waals surface area (Å²) in [5, 5.41) is 120. The van der Waals surface area contributed by atoms with Crippen LogP contribution in [0.15, 0.2) is 0 Å².